The highest BCUT2D eigenvalue weighted by Gasteiger charge is 2.38. The maximum atomic E-state index is 13.1. The van der Waals surface area contributed by atoms with Crippen molar-refractivity contribution in [2.45, 2.75) is 43.5 Å². The first-order chi connectivity index (χ1) is 14.3. The molecule has 2 aliphatic heterocycles. The van der Waals surface area contributed by atoms with Crippen LogP contribution < -0.4 is 10.2 Å². The molecule has 0 unspecified atom stereocenters. The number of carbonyl (C=O) groups excluding carboxylic acids is 2. The van der Waals surface area contributed by atoms with Crippen molar-refractivity contribution in [1.82, 2.24) is 9.29 Å². The number of carbonyl (C=O) groups is 2. The first-order valence-corrected chi connectivity index (χ1v) is 11.8. The summed E-state index contributed by atoms with van der Waals surface area (Å²) in [7, 11) is -3.73. The Morgan fingerprint density at radius 2 is 1.97 bits per heavy atom. The van der Waals surface area contributed by atoms with Gasteiger partial charge in [-0.3, -0.25) is 9.69 Å². The molecule has 1 N–H and O–H groups in total. The summed E-state index contributed by atoms with van der Waals surface area (Å²) in [6.45, 7) is 3.78. The second-order valence-electron chi connectivity index (χ2n) is 7.26. The third-order valence-electron chi connectivity index (χ3n) is 5.20. The van der Waals surface area contributed by atoms with E-state index in [-0.39, 0.29) is 41.0 Å². The van der Waals surface area contributed by atoms with Gasteiger partial charge < -0.3 is 10.1 Å². The second kappa shape index (κ2) is 7.97. The second-order valence-corrected chi connectivity index (χ2v) is 10.4. The van der Waals surface area contributed by atoms with Gasteiger partial charge in [-0.2, -0.15) is 4.31 Å². The van der Waals surface area contributed by atoms with E-state index in [4.69, 9.17) is 4.74 Å². The lowest BCUT2D eigenvalue weighted by molar-refractivity contribution is -0.114. The molecule has 2 amide bonds. The number of benzene rings is 1. The molecule has 0 atom stereocenters. The predicted molar refractivity (Wildman–Crippen MR) is 112 cm³/mol. The molecule has 1 aromatic carbocycles. The van der Waals surface area contributed by atoms with Gasteiger partial charge in [0.1, 0.15) is 6.61 Å². The summed E-state index contributed by atoms with van der Waals surface area (Å²) in [5.74, 6) is -0.304. The summed E-state index contributed by atoms with van der Waals surface area (Å²) in [4.78, 5) is 29.5. The molecule has 11 heteroatoms. The van der Waals surface area contributed by atoms with Gasteiger partial charge in [-0.15, -0.1) is 0 Å². The van der Waals surface area contributed by atoms with Gasteiger partial charge >= 0.3 is 6.09 Å². The van der Waals surface area contributed by atoms with E-state index in [9.17, 15) is 18.0 Å². The molecule has 0 bridgehead atoms. The summed E-state index contributed by atoms with van der Waals surface area (Å²) in [5, 5.41) is 2.80. The van der Waals surface area contributed by atoms with E-state index in [2.05, 4.69) is 10.3 Å². The smallest absolute Gasteiger partial charge is 0.414 e. The average Bonchev–Trinajstić information content (AvgIpc) is 3.08. The number of nitrogens with zero attached hydrogens (tertiary/aromatic N) is 3. The first kappa shape index (κ1) is 20.8. The molecule has 1 saturated heterocycles. The van der Waals surface area contributed by atoms with Gasteiger partial charge in [-0.05, 0) is 25.8 Å². The van der Waals surface area contributed by atoms with Crippen LogP contribution in [0, 0.1) is 6.92 Å². The van der Waals surface area contributed by atoms with E-state index in [0.29, 0.717) is 18.5 Å². The zero-order chi connectivity index (χ0) is 21.5. The first-order valence-electron chi connectivity index (χ1n) is 9.56. The number of sulfonamides is 1. The number of nitrogens with one attached hydrogen (secondary N) is 1. The third kappa shape index (κ3) is 3.80. The fraction of sp³-hybridized carbons (Fsp3) is 0.421. The number of thiazole rings is 1. The molecule has 1 aromatic heterocycles. The van der Waals surface area contributed by atoms with Crippen LogP contribution in [0.2, 0.25) is 0 Å². The fourth-order valence-electron chi connectivity index (χ4n) is 3.80. The normalized spacial score (nSPS) is 18.1. The number of rotatable bonds is 4. The van der Waals surface area contributed by atoms with Gasteiger partial charge in [-0.25, -0.2) is 18.2 Å². The topological polar surface area (TPSA) is 109 Å². The highest BCUT2D eigenvalue weighted by Crippen LogP contribution is 2.34. The summed E-state index contributed by atoms with van der Waals surface area (Å²) in [5.41, 5.74) is 2.13. The molecule has 4 rings (SSSR count). The Bertz CT molecular complexity index is 1090. The Balaban J connectivity index is 1.50. The Labute approximate surface area is 178 Å². The highest BCUT2D eigenvalue weighted by molar-refractivity contribution is 7.91. The van der Waals surface area contributed by atoms with Gasteiger partial charge in [0.25, 0.3) is 10.0 Å². The molecule has 2 aliphatic rings. The lowest BCUT2D eigenvalue weighted by atomic mass is 10.0. The number of ether oxygens (including phenoxy) is 1. The number of fused-ring (bicyclic) bond motifs is 1. The number of aryl methyl sites for hydroxylation is 1. The number of hydrogen-bond acceptors (Lipinski definition) is 7. The maximum Gasteiger partial charge on any atom is 0.414 e. The van der Waals surface area contributed by atoms with Crippen LogP contribution in [0.5, 0.6) is 0 Å². The summed E-state index contributed by atoms with van der Waals surface area (Å²) >= 11 is 0.951. The highest BCUT2D eigenvalue weighted by atomic mass is 32.2. The van der Waals surface area contributed by atoms with Crippen LogP contribution in [0.3, 0.4) is 0 Å². The van der Waals surface area contributed by atoms with Gasteiger partial charge in [0.05, 0.1) is 11.4 Å². The van der Waals surface area contributed by atoms with Gasteiger partial charge in [0.15, 0.2) is 9.34 Å². The van der Waals surface area contributed by atoms with Gasteiger partial charge in [0, 0.05) is 31.6 Å². The third-order valence-corrected chi connectivity index (χ3v) is 8.76. The van der Waals surface area contributed by atoms with Crippen LogP contribution in [-0.2, 0) is 26.2 Å². The average molecular weight is 451 g/mol. The Morgan fingerprint density at radius 3 is 2.67 bits per heavy atom. The number of piperidine rings is 1. The van der Waals surface area contributed by atoms with E-state index in [1.807, 2.05) is 24.3 Å². The lowest BCUT2D eigenvalue weighted by Gasteiger charge is -2.39. The lowest BCUT2D eigenvalue weighted by Crippen LogP contribution is -2.50. The molecule has 160 valence electrons. The van der Waals surface area contributed by atoms with Crippen molar-refractivity contribution in [2.75, 3.05) is 23.3 Å². The number of cyclic esters (lactones) is 1. The van der Waals surface area contributed by atoms with Gasteiger partial charge in [-0.1, -0.05) is 29.5 Å². The molecule has 3 heterocycles. The van der Waals surface area contributed by atoms with Crippen molar-refractivity contribution in [1.29, 1.82) is 0 Å². The van der Waals surface area contributed by atoms with E-state index >= 15 is 0 Å². The Hall–Kier alpha value is -2.50. The number of para-hydroxylation sites is 1. The summed E-state index contributed by atoms with van der Waals surface area (Å²) in [6.07, 6.45) is 0.603. The summed E-state index contributed by atoms with van der Waals surface area (Å²) < 4.78 is 33.1. The molecule has 0 radical (unpaired) electrons. The quantitative estimate of drug-likeness (QED) is 0.767. The van der Waals surface area contributed by atoms with Crippen LogP contribution in [0.25, 0.3) is 0 Å². The van der Waals surface area contributed by atoms with Crippen molar-refractivity contribution in [2.24, 2.45) is 0 Å². The van der Waals surface area contributed by atoms with Crippen molar-refractivity contribution in [3.63, 3.8) is 0 Å². The molecule has 0 saturated carbocycles. The van der Waals surface area contributed by atoms with Crippen LogP contribution in [-0.4, -0.2) is 48.8 Å². The Morgan fingerprint density at radius 1 is 1.27 bits per heavy atom. The fourth-order valence-corrected chi connectivity index (χ4v) is 6.87. The molecule has 2 aromatic rings. The zero-order valence-corrected chi connectivity index (χ0v) is 18.3. The predicted octanol–water partition coefficient (Wildman–Crippen LogP) is 2.72. The van der Waals surface area contributed by atoms with Crippen LogP contribution in [0.1, 0.15) is 31.0 Å². The SMILES string of the molecule is CC(=O)Nc1nc(C)c(S(=O)(=O)N2CCC(N3C(=O)OCc4ccccc43)CC2)s1. The van der Waals surface area contributed by atoms with Crippen LogP contribution >= 0.6 is 11.3 Å². The van der Waals surface area contributed by atoms with E-state index in [1.165, 1.54) is 11.2 Å². The molecule has 0 spiro atoms. The van der Waals surface area contributed by atoms with Crippen LogP contribution in [0.4, 0.5) is 15.6 Å². The van der Waals surface area contributed by atoms with Crippen molar-refractivity contribution < 1.29 is 22.7 Å². The molecular formula is C19H22N4O5S2. The van der Waals surface area contributed by atoms with Crippen molar-refractivity contribution >= 4 is 44.2 Å². The van der Waals surface area contributed by atoms with Gasteiger partial charge in [0.2, 0.25) is 5.91 Å². The minimum absolute atomic E-state index is 0.132. The molecule has 1 fully saturated rings. The maximum absolute atomic E-state index is 13.1. The number of amides is 2. The number of aromatic nitrogens is 1. The largest absolute Gasteiger partial charge is 0.444 e. The number of hydrogen-bond donors (Lipinski definition) is 1. The van der Waals surface area contributed by atoms with E-state index in [0.717, 1.165) is 22.6 Å². The zero-order valence-electron chi connectivity index (χ0n) is 16.6. The van der Waals surface area contributed by atoms with Crippen molar-refractivity contribution in [3.8, 4) is 0 Å². The molecule has 0 aliphatic carbocycles. The minimum atomic E-state index is -3.73. The standard InChI is InChI=1S/C19H22N4O5S2/c1-12-17(29-18(20-12)21-13(2)24)30(26,27)22-9-7-15(8-10-22)23-16-6-4-3-5-14(16)11-28-19(23)25/h3-6,15H,7-11H2,1-2H3,(H,20,21,24). The number of anilines is 2. The van der Waals surface area contributed by atoms with Crippen molar-refractivity contribution in [3.05, 3.63) is 35.5 Å². The molecular weight excluding hydrogens is 428 g/mol. The van der Waals surface area contributed by atoms with Crippen LogP contribution in [0.15, 0.2) is 28.5 Å². The minimum Gasteiger partial charge on any atom is -0.444 e. The Kier molecular flexibility index (Phi) is 5.51. The molecule has 9 nitrogen and oxygen atoms in total. The van der Waals surface area contributed by atoms with E-state index in [1.54, 1.807) is 11.8 Å². The van der Waals surface area contributed by atoms with E-state index < -0.39 is 16.1 Å². The molecule has 30 heavy (non-hydrogen) atoms. The monoisotopic (exact) mass is 450 g/mol. The summed E-state index contributed by atoms with van der Waals surface area (Å²) in [6, 6.07) is 7.46.